The van der Waals surface area contributed by atoms with Crippen molar-refractivity contribution in [3.8, 4) is 6.07 Å². The van der Waals surface area contributed by atoms with Crippen LogP contribution < -0.4 is 0 Å². The van der Waals surface area contributed by atoms with Crippen LogP contribution in [0.15, 0.2) is 24.3 Å². The molecule has 0 bridgehead atoms. The largest absolute Gasteiger partial charge is 0.387 e. The van der Waals surface area contributed by atoms with E-state index >= 15 is 0 Å². The molecule has 5 heteroatoms. The Morgan fingerprint density at radius 2 is 1.89 bits per heavy atom. The third-order valence-corrected chi connectivity index (χ3v) is 2.79. The van der Waals surface area contributed by atoms with Crippen LogP contribution in [0.1, 0.15) is 30.6 Å². The maximum atomic E-state index is 12.4. The number of aliphatic hydroxyl groups excluding tert-OH is 1. The summed E-state index contributed by atoms with van der Waals surface area (Å²) >= 11 is 0. The lowest BCUT2D eigenvalue weighted by atomic mass is 10.1. The molecule has 0 fully saturated rings. The van der Waals surface area contributed by atoms with Crippen molar-refractivity contribution in [1.29, 1.82) is 5.26 Å². The van der Waals surface area contributed by atoms with E-state index in [-0.39, 0.29) is 13.1 Å². The second-order valence-corrected chi connectivity index (χ2v) is 4.40. The standard InChI is InChI=1S/C14H18F2N2O/c1-2-7-18(10-14(15)16)9-13(19)12-5-3-11(8-17)4-6-12/h3-6,13-14,19H,2,7,9-10H2,1H3. The van der Waals surface area contributed by atoms with Crippen LogP contribution in [0, 0.1) is 11.3 Å². The smallest absolute Gasteiger partial charge is 0.251 e. The highest BCUT2D eigenvalue weighted by Crippen LogP contribution is 2.16. The maximum Gasteiger partial charge on any atom is 0.251 e. The Hall–Kier alpha value is -1.51. The van der Waals surface area contributed by atoms with Crippen molar-refractivity contribution in [3.63, 3.8) is 0 Å². The topological polar surface area (TPSA) is 47.3 Å². The second kappa shape index (κ2) is 7.82. The lowest BCUT2D eigenvalue weighted by Gasteiger charge is -2.24. The number of nitriles is 1. The fraction of sp³-hybridized carbons (Fsp3) is 0.500. The highest BCUT2D eigenvalue weighted by atomic mass is 19.3. The summed E-state index contributed by atoms with van der Waals surface area (Å²) in [5, 5.41) is 18.7. The van der Waals surface area contributed by atoms with Crippen molar-refractivity contribution in [1.82, 2.24) is 4.90 Å². The van der Waals surface area contributed by atoms with Gasteiger partial charge in [0.2, 0.25) is 0 Å². The van der Waals surface area contributed by atoms with Crippen molar-refractivity contribution < 1.29 is 13.9 Å². The van der Waals surface area contributed by atoms with Gasteiger partial charge in [-0.25, -0.2) is 8.78 Å². The van der Waals surface area contributed by atoms with Crippen molar-refractivity contribution in [2.24, 2.45) is 0 Å². The van der Waals surface area contributed by atoms with Gasteiger partial charge in [0.25, 0.3) is 6.43 Å². The molecule has 1 aromatic carbocycles. The van der Waals surface area contributed by atoms with Gasteiger partial charge in [0, 0.05) is 6.54 Å². The summed E-state index contributed by atoms with van der Waals surface area (Å²) < 4.78 is 24.8. The molecule has 1 N–H and O–H groups in total. The SMILES string of the molecule is CCCN(CC(F)F)CC(O)c1ccc(C#N)cc1. The van der Waals surface area contributed by atoms with E-state index in [1.54, 1.807) is 29.2 Å². The first-order valence-electron chi connectivity index (χ1n) is 6.25. The zero-order valence-electron chi connectivity index (χ0n) is 10.9. The average Bonchev–Trinajstić information content (AvgIpc) is 2.38. The summed E-state index contributed by atoms with van der Waals surface area (Å²) in [6.07, 6.45) is -2.47. The molecule has 0 aliphatic carbocycles. The van der Waals surface area contributed by atoms with Crippen LogP contribution in [0.4, 0.5) is 8.78 Å². The van der Waals surface area contributed by atoms with Crippen LogP contribution in [0.25, 0.3) is 0 Å². The molecule has 0 saturated carbocycles. The fourth-order valence-electron chi connectivity index (χ4n) is 1.90. The first-order chi connectivity index (χ1) is 9.06. The molecular weight excluding hydrogens is 250 g/mol. The lowest BCUT2D eigenvalue weighted by Crippen LogP contribution is -2.33. The van der Waals surface area contributed by atoms with E-state index in [0.29, 0.717) is 17.7 Å². The predicted molar refractivity (Wildman–Crippen MR) is 68.9 cm³/mol. The van der Waals surface area contributed by atoms with Crippen LogP contribution in [0.5, 0.6) is 0 Å². The Morgan fingerprint density at radius 3 is 2.37 bits per heavy atom. The van der Waals surface area contributed by atoms with Gasteiger partial charge in [-0.1, -0.05) is 19.1 Å². The molecular formula is C14H18F2N2O. The van der Waals surface area contributed by atoms with E-state index in [9.17, 15) is 13.9 Å². The first kappa shape index (κ1) is 15.5. The maximum absolute atomic E-state index is 12.4. The van der Waals surface area contributed by atoms with E-state index in [4.69, 9.17) is 5.26 Å². The molecule has 1 unspecified atom stereocenters. The molecule has 1 rings (SSSR count). The molecule has 0 aliphatic heterocycles. The minimum Gasteiger partial charge on any atom is -0.387 e. The van der Waals surface area contributed by atoms with Gasteiger partial charge in [-0.2, -0.15) is 5.26 Å². The Labute approximate surface area is 112 Å². The van der Waals surface area contributed by atoms with Gasteiger partial charge in [-0.3, -0.25) is 4.90 Å². The molecule has 1 atom stereocenters. The van der Waals surface area contributed by atoms with Crippen molar-refractivity contribution in [2.45, 2.75) is 25.9 Å². The number of alkyl halides is 2. The summed E-state index contributed by atoms with van der Waals surface area (Å²) in [6, 6.07) is 8.50. The number of hydrogen-bond acceptors (Lipinski definition) is 3. The quantitative estimate of drug-likeness (QED) is 0.826. The molecule has 1 aromatic rings. The Morgan fingerprint density at radius 1 is 1.26 bits per heavy atom. The van der Waals surface area contributed by atoms with Crippen LogP contribution in [-0.4, -0.2) is 36.1 Å². The molecule has 0 radical (unpaired) electrons. The van der Waals surface area contributed by atoms with Gasteiger partial charge in [0.05, 0.1) is 24.3 Å². The zero-order chi connectivity index (χ0) is 14.3. The van der Waals surface area contributed by atoms with Gasteiger partial charge in [0.1, 0.15) is 0 Å². The molecule has 3 nitrogen and oxygen atoms in total. The van der Waals surface area contributed by atoms with Crippen LogP contribution in [-0.2, 0) is 0 Å². The number of rotatable bonds is 7. The molecule has 104 valence electrons. The Kier molecular flexibility index (Phi) is 6.40. The van der Waals surface area contributed by atoms with Gasteiger partial charge in [-0.05, 0) is 30.7 Å². The predicted octanol–water partition coefficient (Wildman–Crippen LogP) is 2.57. The Bertz CT molecular complexity index is 414. The minimum atomic E-state index is -2.40. The summed E-state index contributed by atoms with van der Waals surface area (Å²) in [6.45, 7) is 2.27. The lowest BCUT2D eigenvalue weighted by molar-refractivity contribution is 0.0546. The monoisotopic (exact) mass is 268 g/mol. The summed E-state index contributed by atoms with van der Waals surface area (Å²) in [7, 11) is 0. The van der Waals surface area contributed by atoms with Gasteiger partial charge >= 0.3 is 0 Å². The third kappa shape index (κ3) is 5.33. The van der Waals surface area contributed by atoms with Crippen LogP contribution >= 0.6 is 0 Å². The molecule has 0 aliphatic rings. The molecule has 0 aromatic heterocycles. The molecule has 0 heterocycles. The van der Waals surface area contributed by atoms with E-state index < -0.39 is 12.5 Å². The third-order valence-electron chi connectivity index (χ3n) is 2.79. The van der Waals surface area contributed by atoms with E-state index in [1.807, 2.05) is 13.0 Å². The summed E-state index contributed by atoms with van der Waals surface area (Å²) in [5.74, 6) is 0. The van der Waals surface area contributed by atoms with Gasteiger partial charge < -0.3 is 5.11 Å². The van der Waals surface area contributed by atoms with E-state index in [2.05, 4.69) is 0 Å². The number of hydrogen-bond donors (Lipinski definition) is 1. The van der Waals surface area contributed by atoms with Crippen molar-refractivity contribution in [2.75, 3.05) is 19.6 Å². The zero-order valence-corrected chi connectivity index (χ0v) is 10.9. The normalized spacial score (nSPS) is 12.7. The number of halogens is 2. The van der Waals surface area contributed by atoms with Gasteiger partial charge in [-0.15, -0.1) is 0 Å². The molecule has 19 heavy (non-hydrogen) atoms. The average molecular weight is 268 g/mol. The highest BCUT2D eigenvalue weighted by Gasteiger charge is 2.16. The van der Waals surface area contributed by atoms with Crippen molar-refractivity contribution in [3.05, 3.63) is 35.4 Å². The number of nitrogens with zero attached hydrogens (tertiary/aromatic N) is 2. The molecule has 0 spiro atoms. The van der Waals surface area contributed by atoms with Crippen LogP contribution in [0.2, 0.25) is 0 Å². The minimum absolute atomic E-state index is 0.171. The molecule has 0 saturated heterocycles. The highest BCUT2D eigenvalue weighted by molar-refractivity contribution is 5.32. The van der Waals surface area contributed by atoms with Crippen LogP contribution in [0.3, 0.4) is 0 Å². The van der Waals surface area contributed by atoms with E-state index in [1.165, 1.54) is 0 Å². The summed E-state index contributed by atoms with van der Waals surface area (Å²) in [5.41, 5.74) is 1.14. The first-order valence-corrected chi connectivity index (χ1v) is 6.25. The fourth-order valence-corrected chi connectivity index (χ4v) is 1.90. The number of benzene rings is 1. The molecule has 0 amide bonds. The van der Waals surface area contributed by atoms with E-state index in [0.717, 1.165) is 6.42 Å². The second-order valence-electron chi connectivity index (χ2n) is 4.40. The summed E-state index contributed by atoms with van der Waals surface area (Å²) in [4.78, 5) is 1.55. The Balaban J connectivity index is 2.64. The van der Waals surface area contributed by atoms with Gasteiger partial charge in [0.15, 0.2) is 0 Å². The van der Waals surface area contributed by atoms with Crippen molar-refractivity contribution >= 4 is 0 Å². The number of aliphatic hydroxyl groups is 1.